The topological polar surface area (TPSA) is 187 Å². The van der Waals surface area contributed by atoms with Gasteiger partial charge in [0.05, 0.1) is 6.04 Å². The van der Waals surface area contributed by atoms with Crippen LogP contribution >= 0.6 is 11.8 Å². The number of hydrogen-bond donors (Lipinski definition) is 7. The number of aliphatic carboxylic acids is 1. The smallest absolute Gasteiger partial charge is 0.326 e. The molecule has 5 unspecified atom stereocenters. The summed E-state index contributed by atoms with van der Waals surface area (Å²) in [7, 11) is 0. The number of phenolic OH excluding ortho intramolecular Hbond substituents is 1. The Morgan fingerprint density at radius 1 is 0.930 bits per heavy atom. The average Bonchev–Trinajstić information content (AvgIpc) is 3.40. The molecule has 0 saturated carbocycles. The zero-order valence-corrected chi connectivity index (χ0v) is 25.4. The summed E-state index contributed by atoms with van der Waals surface area (Å²) in [5.41, 5.74) is 8.72. The Hall–Kier alpha value is -4.03. The Labute approximate surface area is 255 Å². The summed E-state index contributed by atoms with van der Waals surface area (Å²) in [6.07, 6.45) is 4.71. The molecular weight excluding hydrogens is 570 g/mol. The number of aromatic nitrogens is 1. The summed E-state index contributed by atoms with van der Waals surface area (Å²) < 4.78 is 0. The van der Waals surface area contributed by atoms with E-state index in [0.29, 0.717) is 17.7 Å². The SMILES string of the molecule is CCC(C)C(NC(=O)C(N)Cc1c[nH]c2ccccc12)C(=O)NC(Cc1ccc(O)cc1)C(=O)NC(CCSC)C(=O)O. The molecule has 1 aromatic heterocycles. The van der Waals surface area contributed by atoms with Gasteiger partial charge in [0.25, 0.3) is 0 Å². The average molecular weight is 612 g/mol. The number of thioether (sulfide) groups is 1. The first-order valence-corrected chi connectivity index (χ1v) is 15.6. The van der Waals surface area contributed by atoms with Gasteiger partial charge < -0.3 is 36.9 Å². The maximum Gasteiger partial charge on any atom is 0.326 e. The molecule has 5 atom stereocenters. The molecule has 0 saturated heterocycles. The molecule has 0 aliphatic carbocycles. The molecule has 232 valence electrons. The van der Waals surface area contributed by atoms with E-state index in [2.05, 4.69) is 20.9 Å². The van der Waals surface area contributed by atoms with Crippen molar-refractivity contribution in [3.05, 3.63) is 65.9 Å². The zero-order chi connectivity index (χ0) is 31.5. The lowest BCUT2D eigenvalue weighted by Crippen LogP contribution is -2.59. The van der Waals surface area contributed by atoms with E-state index in [4.69, 9.17) is 5.73 Å². The fraction of sp³-hybridized carbons (Fsp3) is 0.419. The van der Waals surface area contributed by atoms with Crippen LogP contribution in [0.1, 0.15) is 37.8 Å². The van der Waals surface area contributed by atoms with E-state index in [0.717, 1.165) is 16.5 Å². The molecule has 0 radical (unpaired) electrons. The number of carboxylic acids is 1. The molecule has 43 heavy (non-hydrogen) atoms. The summed E-state index contributed by atoms with van der Waals surface area (Å²) in [4.78, 5) is 55.1. The number of nitrogens with two attached hydrogens (primary N) is 1. The number of aromatic hydroxyl groups is 1. The molecule has 0 spiro atoms. The number of amides is 3. The number of nitrogens with one attached hydrogen (secondary N) is 4. The molecule has 11 nitrogen and oxygen atoms in total. The first-order valence-electron chi connectivity index (χ1n) is 14.2. The lowest BCUT2D eigenvalue weighted by Gasteiger charge is -2.28. The second-order valence-electron chi connectivity index (χ2n) is 10.7. The van der Waals surface area contributed by atoms with Gasteiger partial charge in [0, 0.05) is 23.5 Å². The molecule has 0 bridgehead atoms. The van der Waals surface area contributed by atoms with E-state index in [-0.39, 0.29) is 30.9 Å². The maximum atomic E-state index is 13.6. The summed E-state index contributed by atoms with van der Waals surface area (Å²) >= 11 is 1.46. The van der Waals surface area contributed by atoms with Gasteiger partial charge in [-0.05, 0) is 60.1 Å². The van der Waals surface area contributed by atoms with Gasteiger partial charge in [-0.15, -0.1) is 0 Å². The summed E-state index contributed by atoms with van der Waals surface area (Å²) in [6, 6.07) is 9.63. The molecule has 8 N–H and O–H groups in total. The number of aromatic amines is 1. The van der Waals surface area contributed by atoms with Gasteiger partial charge >= 0.3 is 5.97 Å². The predicted molar refractivity (Wildman–Crippen MR) is 168 cm³/mol. The Morgan fingerprint density at radius 2 is 1.60 bits per heavy atom. The number of carbonyl (C=O) groups is 4. The van der Waals surface area contributed by atoms with E-state index in [1.807, 2.05) is 50.6 Å². The third-order valence-corrected chi connectivity index (χ3v) is 8.12. The minimum Gasteiger partial charge on any atom is -0.508 e. The van der Waals surface area contributed by atoms with Crippen molar-refractivity contribution >= 4 is 46.4 Å². The number of benzene rings is 2. The van der Waals surface area contributed by atoms with Gasteiger partial charge in [-0.3, -0.25) is 14.4 Å². The Balaban J connectivity index is 1.77. The predicted octanol–water partition coefficient (Wildman–Crippen LogP) is 2.32. The molecule has 0 fully saturated rings. The lowest BCUT2D eigenvalue weighted by molar-refractivity contribution is -0.142. The highest BCUT2D eigenvalue weighted by Crippen LogP contribution is 2.19. The molecule has 12 heteroatoms. The van der Waals surface area contributed by atoms with Crippen molar-refractivity contribution in [1.29, 1.82) is 0 Å². The normalized spacial score (nSPS) is 14.7. The number of carboxylic acid groups (broad SMARTS) is 1. The van der Waals surface area contributed by atoms with Gasteiger partial charge in [-0.25, -0.2) is 4.79 Å². The molecule has 3 amide bonds. The second-order valence-corrected chi connectivity index (χ2v) is 11.6. The van der Waals surface area contributed by atoms with E-state index in [9.17, 15) is 29.4 Å². The third kappa shape index (κ3) is 9.48. The third-order valence-electron chi connectivity index (χ3n) is 7.48. The summed E-state index contributed by atoms with van der Waals surface area (Å²) in [6.45, 7) is 3.69. The molecule has 1 heterocycles. The van der Waals surface area contributed by atoms with Gasteiger partial charge in [-0.2, -0.15) is 11.8 Å². The first kappa shape index (κ1) is 33.5. The summed E-state index contributed by atoms with van der Waals surface area (Å²) in [5, 5.41) is 28.3. The van der Waals surface area contributed by atoms with Crippen LogP contribution in [0.15, 0.2) is 54.7 Å². The Bertz CT molecular complexity index is 1390. The molecule has 2 aromatic carbocycles. The Kier molecular flexibility index (Phi) is 12.4. The van der Waals surface area contributed by atoms with Crippen molar-refractivity contribution in [3.63, 3.8) is 0 Å². The van der Waals surface area contributed by atoms with Crippen LogP contribution < -0.4 is 21.7 Å². The molecule has 3 rings (SSSR count). The van der Waals surface area contributed by atoms with Crippen molar-refractivity contribution in [2.75, 3.05) is 12.0 Å². The van der Waals surface area contributed by atoms with E-state index >= 15 is 0 Å². The monoisotopic (exact) mass is 611 g/mol. The number of H-pyrrole nitrogens is 1. The fourth-order valence-electron chi connectivity index (χ4n) is 4.70. The molecule has 0 aliphatic rings. The first-order chi connectivity index (χ1) is 20.5. The maximum absolute atomic E-state index is 13.6. The summed E-state index contributed by atoms with van der Waals surface area (Å²) in [5.74, 6) is -2.67. The highest BCUT2D eigenvalue weighted by Gasteiger charge is 2.32. The number of hydrogen-bond acceptors (Lipinski definition) is 7. The van der Waals surface area contributed by atoms with Crippen molar-refractivity contribution < 1.29 is 29.4 Å². The lowest BCUT2D eigenvalue weighted by atomic mass is 9.96. The largest absolute Gasteiger partial charge is 0.508 e. The highest BCUT2D eigenvalue weighted by atomic mass is 32.2. The van der Waals surface area contributed by atoms with Gasteiger partial charge in [0.2, 0.25) is 17.7 Å². The van der Waals surface area contributed by atoms with Crippen LogP contribution in [0, 0.1) is 5.92 Å². The van der Waals surface area contributed by atoms with Gasteiger partial charge in [-0.1, -0.05) is 50.6 Å². The van der Waals surface area contributed by atoms with Crippen LogP contribution in [0.5, 0.6) is 5.75 Å². The van der Waals surface area contributed by atoms with Crippen molar-refractivity contribution in [2.24, 2.45) is 11.7 Å². The zero-order valence-electron chi connectivity index (χ0n) is 24.6. The minimum absolute atomic E-state index is 0.0357. The minimum atomic E-state index is -1.17. The number of carbonyl (C=O) groups excluding carboxylic acids is 3. The number of fused-ring (bicyclic) bond motifs is 1. The molecule has 0 aliphatic heterocycles. The molecular formula is C31H41N5O6S. The van der Waals surface area contributed by atoms with Crippen LogP contribution in [0.2, 0.25) is 0 Å². The van der Waals surface area contributed by atoms with Gasteiger partial charge in [0.1, 0.15) is 23.9 Å². The van der Waals surface area contributed by atoms with Crippen LogP contribution in [0.3, 0.4) is 0 Å². The van der Waals surface area contributed by atoms with Crippen LogP contribution in [0.25, 0.3) is 10.9 Å². The van der Waals surface area contributed by atoms with E-state index < -0.39 is 47.9 Å². The Morgan fingerprint density at radius 3 is 2.26 bits per heavy atom. The number of rotatable bonds is 16. The van der Waals surface area contributed by atoms with Crippen molar-refractivity contribution in [3.8, 4) is 5.75 Å². The fourth-order valence-corrected chi connectivity index (χ4v) is 5.17. The van der Waals surface area contributed by atoms with Crippen molar-refractivity contribution in [2.45, 2.75) is 63.7 Å². The quantitative estimate of drug-likeness (QED) is 0.129. The van der Waals surface area contributed by atoms with Crippen LogP contribution in [-0.4, -0.2) is 75.1 Å². The highest BCUT2D eigenvalue weighted by molar-refractivity contribution is 7.98. The van der Waals surface area contributed by atoms with Crippen LogP contribution in [0.4, 0.5) is 0 Å². The van der Waals surface area contributed by atoms with Gasteiger partial charge in [0.15, 0.2) is 0 Å². The number of para-hydroxylation sites is 1. The standard InChI is InChI=1S/C31H41N5O6S/c1-4-18(2)27(36-28(38)23(32)16-20-17-33-24-8-6-5-7-22(20)24)30(40)35-26(15-19-9-11-21(37)12-10-19)29(39)34-25(31(41)42)13-14-43-3/h5-12,17-18,23,25-27,33,37H,4,13-16,32H2,1-3H3,(H,34,39)(H,35,40)(H,36,38)(H,41,42). The van der Waals surface area contributed by atoms with E-state index in [1.54, 1.807) is 12.1 Å². The molecule has 3 aromatic rings. The second kappa shape index (κ2) is 16.0. The van der Waals surface area contributed by atoms with Crippen molar-refractivity contribution in [1.82, 2.24) is 20.9 Å². The number of phenols is 1. The van der Waals surface area contributed by atoms with E-state index in [1.165, 1.54) is 23.9 Å². The van der Waals surface area contributed by atoms with Crippen LogP contribution in [-0.2, 0) is 32.0 Å².